The zero-order valence-electron chi connectivity index (χ0n) is 13.4. The number of rotatable bonds is 3. The molecule has 3 rings (SSSR count). The molecule has 1 heterocycles. The van der Waals surface area contributed by atoms with Gasteiger partial charge in [0.25, 0.3) is 0 Å². The van der Waals surface area contributed by atoms with E-state index in [9.17, 15) is 4.79 Å². The fourth-order valence-corrected chi connectivity index (χ4v) is 2.26. The van der Waals surface area contributed by atoms with E-state index >= 15 is 0 Å². The number of amides is 1. The van der Waals surface area contributed by atoms with Crippen molar-refractivity contribution < 1.29 is 6.17 Å². The molecule has 0 bridgehead atoms. The number of hydrogen-bond donors (Lipinski definition) is 2. The number of anilines is 3. The van der Waals surface area contributed by atoms with Crippen LogP contribution in [0.25, 0.3) is 10.9 Å². The van der Waals surface area contributed by atoms with Crippen molar-refractivity contribution in [3.05, 3.63) is 54.4 Å². The van der Waals surface area contributed by atoms with Crippen LogP contribution in [0.3, 0.4) is 0 Å². The Balaban J connectivity index is 2.13. The van der Waals surface area contributed by atoms with Crippen molar-refractivity contribution in [2.45, 2.75) is 6.92 Å². The number of fused-ring (bicyclic) bond motifs is 1. The first-order chi connectivity index (χ1) is 11.7. The van der Waals surface area contributed by atoms with Gasteiger partial charge in [-0.25, -0.2) is 9.97 Å². The van der Waals surface area contributed by atoms with Crippen molar-refractivity contribution in [1.29, 1.82) is 0 Å². The van der Waals surface area contributed by atoms with Gasteiger partial charge in [-0.2, -0.15) is 0 Å². The van der Waals surface area contributed by atoms with Crippen molar-refractivity contribution >= 4 is 34.5 Å². The largest absolute Gasteiger partial charge is 0.340 e. The maximum atomic E-state index is 11.1. The van der Waals surface area contributed by atoms with Crippen molar-refractivity contribution in [3.63, 3.8) is 0 Å². The molecule has 2 N–H and O–H groups in total. The predicted molar refractivity (Wildman–Crippen MR) is 91.5 cm³/mol. The highest BCUT2D eigenvalue weighted by atomic mass is 16.1. The molecule has 0 fully saturated rings. The summed E-state index contributed by atoms with van der Waals surface area (Å²) in [6.07, 6.45) is 0.572. The Bertz CT molecular complexity index is 961. The van der Waals surface area contributed by atoms with Crippen LogP contribution in [0.2, 0.25) is 0 Å². The molecule has 2 aromatic carbocycles. The Labute approximate surface area is 135 Å². The number of nitrogens with zero attached hydrogens (tertiary/aromatic N) is 2. The van der Waals surface area contributed by atoms with Crippen LogP contribution in [0.15, 0.2) is 48.8 Å². The van der Waals surface area contributed by atoms with Gasteiger partial charge in [-0.15, -0.1) is 5.92 Å². The average Bonchev–Trinajstić information content (AvgIpc) is 2.57. The normalized spacial score (nSPS) is 10.4. The van der Waals surface area contributed by atoms with E-state index in [1.54, 1.807) is 19.1 Å². The smallest absolute Gasteiger partial charge is 0.211 e. The minimum Gasteiger partial charge on any atom is -0.340 e. The lowest BCUT2D eigenvalue weighted by atomic mass is 10.1. The Kier molecular flexibility index (Phi) is 3.80. The third-order valence-corrected chi connectivity index (χ3v) is 3.26. The Morgan fingerprint density at radius 3 is 2.78 bits per heavy atom. The third-order valence-electron chi connectivity index (χ3n) is 3.26. The number of carbonyl (C=O) groups excluding carboxylic acids is 1. The number of carbonyl (C=O) groups is 1. The maximum Gasteiger partial charge on any atom is 0.211 e. The van der Waals surface area contributed by atoms with Crippen molar-refractivity contribution in [2.24, 2.45) is 0 Å². The number of aromatic nitrogens is 2. The minimum atomic E-state index is -0.900. The quantitative estimate of drug-likeness (QED) is 0.575. The summed E-state index contributed by atoms with van der Waals surface area (Å²) in [7, 11) is 0. The summed E-state index contributed by atoms with van der Waals surface area (Å²) in [6, 6.07) is 13.1. The predicted octanol–water partition coefficient (Wildman–Crippen LogP) is 3.31. The number of nitrogens with one attached hydrogen (secondary N) is 2. The monoisotopic (exact) mass is 304 g/mol. The van der Waals surface area contributed by atoms with Gasteiger partial charge in [-0.3, -0.25) is 4.79 Å². The molecule has 0 aliphatic heterocycles. The Morgan fingerprint density at radius 1 is 1.22 bits per heavy atom. The summed E-state index contributed by atoms with van der Waals surface area (Å²) in [5.41, 5.74) is 2.66. The summed E-state index contributed by atoms with van der Waals surface area (Å²) < 4.78 is 7.14. The van der Waals surface area contributed by atoms with Crippen LogP contribution >= 0.6 is 0 Å². The average molecular weight is 304 g/mol. The van der Waals surface area contributed by atoms with Crippen LogP contribution < -0.4 is 10.6 Å². The van der Waals surface area contributed by atoms with Gasteiger partial charge in [-0.05, 0) is 31.2 Å². The topological polar surface area (TPSA) is 66.9 Å². The highest BCUT2D eigenvalue weighted by Crippen LogP contribution is 2.28. The maximum absolute atomic E-state index is 11.1. The third kappa shape index (κ3) is 3.11. The molecular formula is C18H14N4O. The van der Waals surface area contributed by atoms with Gasteiger partial charge in [0, 0.05) is 11.1 Å². The molecule has 0 atom stereocenters. The van der Waals surface area contributed by atoms with Gasteiger partial charge in [0.1, 0.15) is 13.5 Å². The highest BCUT2D eigenvalue weighted by Gasteiger charge is 2.09. The fourth-order valence-electron chi connectivity index (χ4n) is 2.26. The lowest BCUT2D eigenvalue weighted by Crippen LogP contribution is -2.00. The molecule has 0 aliphatic rings. The first-order valence-corrected chi connectivity index (χ1v) is 6.98. The summed E-state index contributed by atoms with van der Waals surface area (Å²) in [5, 5.41) is 6.44. The van der Waals surface area contributed by atoms with E-state index in [0.717, 1.165) is 11.1 Å². The summed E-state index contributed by atoms with van der Waals surface area (Å²) >= 11 is 0. The van der Waals surface area contributed by atoms with E-state index < -0.39 is 6.39 Å². The second-order valence-electron chi connectivity index (χ2n) is 4.73. The molecule has 0 unspecified atom stereocenters. The van der Waals surface area contributed by atoms with E-state index in [1.807, 2.05) is 30.3 Å². The fraction of sp³-hybridized carbons (Fsp3) is 0.0556. The van der Waals surface area contributed by atoms with Crippen LogP contribution in [-0.4, -0.2) is 16.4 Å². The lowest BCUT2D eigenvalue weighted by Gasteiger charge is -2.10. The molecule has 1 aromatic heterocycles. The number of para-hydroxylation sites is 1. The Hall–Kier alpha value is -3.39. The summed E-state index contributed by atoms with van der Waals surface area (Å²) in [4.78, 5) is 19.7. The number of hydrogen-bond acceptors (Lipinski definition) is 4. The molecule has 5 heteroatoms. The van der Waals surface area contributed by atoms with E-state index in [2.05, 4.69) is 32.4 Å². The minimum absolute atomic E-state index is 0.461. The standard InChI is InChI=1S/C18H14N4O/c1-2-6-13-9-17-15(10-16(13)21-12-23)18(20-11-19-17)22-14-7-4-3-5-8-14/h3-5,7-12H,1H3,(H,21,23)(H,19,20,22)/i12T. The first-order valence-electron chi connectivity index (χ1n) is 7.48. The van der Waals surface area contributed by atoms with E-state index in [1.165, 1.54) is 6.33 Å². The molecule has 0 saturated heterocycles. The molecule has 5 nitrogen and oxygen atoms in total. The van der Waals surface area contributed by atoms with E-state index in [0.29, 0.717) is 22.6 Å². The summed E-state index contributed by atoms with van der Waals surface area (Å²) in [5.74, 6) is 6.32. The van der Waals surface area contributed by atoms with Gasteiger partial charge in [0.05, 0.1) is 16.8 Å². The van der Waals surface area contributed by atoms with Crippen LogP contribution in [0.1, 0.15) is 13.9 Å². The van der Waals surface area contributed by atoms with Crippen LogP contribution in [0.4, 0.5) is 17.2 Å². The zero-order valence-corrected chi connectivity index (χ0v) is 12.4. The second-order valence-corrected chi connectivity index (χ2v) is 4.73. The lowest BCUT2D eigenvalue weighted by molar-refractivity contribution is -0.105. The number of benzene rings is 2. The zero-order chi connectivity index (χ0) is 16.9. The molecular weight excluding hydrogens is 288 g/mol. The van der Waals surface area contributed by atoms with Gasteiger partial charge in [0.15, 0.2) is 0 Å². The van der Waals surface area contributed by atoms with Crippen LogP contribution in [0, 0.1) is 11.8 Å². The van der Waals surface area contributed by atoms with Crippen molar-refractivity contribution in [3.8, 4) is 11.8 Å². The van der Waals surface area contributed by atoms with E-state index in [-0.39, 0.29) is 0 Å². The van der Waals surface area contributed by atoms with Gasteiger partial charge in [-0.1, -0.05) is 24.1 Å². The molecule has 0 radical (unpaired) electrons. The SMILES string of the molecule is [3H]C(=O)Nc1cc2c(Nc3ccccc3)ncnc2cc1C#CC. The van der Waals surface area contributed by atoms with Gasteiger partial charge in [0.2, 0.25) is 6.39 Å². The van der Waals surface area contributed by atoms with E-state index in [4.69, 9.17) is 1.37 Å². The molecule has 0 spiro atoms. The molecule has 1 amide bonds. The summed E-state index contributed by atoms with van der Waals surface area (Å²) in [6.45, 7) is 1.71. The second kappa shape index (κ2) is 6.58. The molecule has 23 heavy (non-hydrogen) atoms. The first kappa shape index (κ1) is 13.3. The van der Waals surface area contributed by atoms with Crippen molar-refractivity contribution in [2.75, 3.05) is 10.6 Å². The van der Waals surface area contributed by atoms with Gasteiger partial charge >= 0.3 is 0 Å². The molecule has 112 valence electrons. The van der Waals surface area contributed by atoms with Crippen LogP contribution in [0.5, 0.6) is 0 Å². The molecule has 0 aliphatic carbocycles. The highest BCUT2D eigenvalue weighted by molar-refractivity contribution is 5.96. The Morgan fingerprint density at radius 2 is 2.04 bits per heavy atom. The molecule has 3 aromatic rings. The van der Waals surface area contributed by atoms with Crippen LogP contribution in [-0.2, 0) is 4.79 Å². The van der Waals surface area contributed by atoms with Crippen molar-refractivity contribution in [1.82, 2.24) is 9.97 Å². The molecule has 0 saturated carbocycles. The van der Waals surface area contributed by atoms with Gasteiger partial charge < -0.3 is 10.6 Å².